The summed E-state index contributed by atoms with van der Waals surface area (Å²) in [6.45, 7) is 6.33. The SMILES string of the molecule is CCCC(C)/C=N\NC(=O)c1cc(-c2ccc(CC)cc2)nc2c(Cl)cccc12. The third-order valence-corrected chi connectivity index (χ3v) is 5.24. The standard InChI is InChI=1S/C24H26ClN3O/c1-4-7-16(3)15-26-28-24(29)20-14-22(18-12-10-17(5-2)11-13-18)27-23-19(20)8-6-9-21(23)25/h6,8-16H,4-5,7H2,1-3H3,(H,28,29)/b26-15-. The van der Waals surface area contributed by atoms with Crippen molar-refractivity contribution in [3.05, 3.63) is 64.7 Å². The van der Waals surface area contributed by atoms with Gasteiger partial charge in [0.1, 0.15) is 0 Å². The lowest BCUT2D eigenvalue weighted by Crippen LogP contribution is -2.19. The van der Waals surface area contributed by atoms with E-state index in [4.69, 9.17) is 16.6 Å². The second kappa shape index (κ2) is 9.66. The number of aromatic nitrogens is 1. The molecule has 0 saturated carbocycles. The molecule has 1 N–H and O–H groups in total. The summed E-state index contributed by atoms with van der Waals surface area (Å²) < 4.78 is 0. The van der Waals surface area contributed by atoms with Gasteiger partial charge in [0.2, 0.25) is 0 Å². The Hall–Kier alpha value is -2.72. The van der Waals surface area contributed by atoms with Gasteiger partial charge in [-0.2, -0.15) is 5.10 Å². The number of hydrazone groups is 1. The van der Waals surface area contributed by atoms with Crippen LogP contribution in [0, 0.1) is 5.92 Å². The zero-order valence-electron chi connectivity index (χ0n) is 17.1. The first kappa shape index (κ1) is 21.0. The van der Waals surface area contributed by atoms with Crippen molar-refractivity contribution in [1.29, 1.82) is 0 Å². The van der Waals surface area contributed by atoms with Crippen LogP contribution in [0.3, 0.4) is 0 Å². The van der Waals surface area contributed by atoms with Crippen LogP contribution in [-0.2, 0) is 6.42 Å². The number of rotatable bonds is 7. The molecule has 0 aliphatic heterocycles. The van der Waals surface area contributed by atoms with Crippen molar-refractivity contribution in [2.45, 2.75) is 40.0 Å². The Bertz CT molecular complexity index is 1030. The molecular formula is C24H26ClN3O. The first-order valence-corrected chi connectivity index (χ1v) is 10.4. The molecule has 0 aliphatic rings. The lowest BCUT2D eigenvalue weighted by Gasteiger charge is -2.11. The van der Waals surface area contributed by atoms with Crippen LogP contribution in [-0.4, -0.2) is 17.1 Å². The van der Waals surface area contributed by atoms with E-state index in [1.54, 1.807) is 18.3 Å². The maximum Gasteiger partial charge on any atom is 0.272 e. The van der Waals surface area contributed by atoms with Crippen LogP contribution >= 0.6 is 11.6 Å². The molecule has 1 aromatic heterocycles. The predicted octanol–water partition coefficient (Wildman–Crippen LogP) is 6.27. The number of halogens is 1. The van der Waals surface area contributed by atoms with Crippen molar-refractivity contribution in [3.63, 3.8) is 0 Å². The zero-order chi connectivity index (χ0) is 20.8. The lowest BCUT2D eigenvalue weighted by molar-refractivity contribution is 0.0956. The molecule has 0 aliphatic carbocycles. The van der Waals surface area contributed by atoms with Crippen LogP contribution in [0.25, 0.3) is 22.2 Å². The molecule has 150 valence electrons. The number of nitrogens with zero attached hydrogens (tertiary/aromatic N) is 2. The van der Waals surface area contributed by atoms with Crippen LogP contribution in [0.5, 0.6) is 0 Å². The number of carbonyl (C=O) groups is 1. The summed E-state index contributed by atoms with van der Waals surface area (Å²) in [7, 11) is 0. The van der Waals surface area contributed by atoms with Crippen LogP contribution in [0.4, 0.5) is 0 Å². The van der Waals surface area contributed by atoms with Gasteiger partial charge in [-0.3, -0.25) is 4.79 Å². The molecule has 5 heteroatoms. The maximum absolute atomic E-state index is 12.9. The van der Waals surface area contributed by atoms with E-state index in [1.165, 1.54) is 5.56 Å². The van der Waals surface area contributed by atoms with E-state index < -0.39 is 0 Å². The second-order valence-corrected chi connectivity index (χ2v) is 7.63. The fourth-order valence-electron chi connectivity index (χ4n) is 3.27. The third kappa shape index (κ3) is 5.01. The Labute approximate surface area is 177 Å². The molecular weight excluding hydrogens is 382 g/mol. The Morgan fingerprint density at radius 3 is 2.66 bits per heavy atom. The molecule has 1 heterocycles. The molecule has 0 bridgehead atoms. The van der Waals surface area contributed by atoms with Crippen molar-refractivity contribution in [2.75, 3.05) is 0 Å². The van der Waals surface area contributed by atoms with Crippen molar-refractivity contribution in [3.8, 4) is 11.3 Å². The van der Waals surface area contributed by atoms with Gasteiger partial charge < -0.3 is 0 Å². The number of fused-ring (bicyclic) bond motifs is 1. The summed E-state index contributed by atoms with van der Waals surface area (Å²) in [4.78, 5) is 17.6. The molecule has 1 unspecified atom stereocenters. The number of aryl methyl sites for hydroxylation is 1. The molecule has 0 fully saturated rings. The van der Waals surface area contributed by atoms with Crippen molar-refractivity contribution in [1.82, 2.24) is 10.4 Å². The van der Waals surface area contributed by atoms with E-state index >= 15 is 0 Å². The summed E-state index contributed by atoms with van der Waals surface area (Å²) in [5.74, 6) is 0.0441. The van der Waals surface area contributed by atoms with Crippen molar-refractivity contribution < 1.29 is 4.79 Å². The van der Waals surface area contributed by atoms with Gasteiger partial charge >= 0.3 is 0 Å². The highest BCUT2D eigenvalue weighted by Crippen LogP contribution is 2.29. The van der Waals surface area contributed by atoms with Crippen LogP contribution in [0.15, 0.2) is 53.6 Å². The van der Waals surface area contributed by atoms with Gasteiger partial charge in [-0.15, -0.1) is 0 Å². The number of hydrogen-bond acceptors (Lipinski definition) is 3. The number of amides is 1. The second-order valence-electron chi connectivity index (χ2n) is 7.23. The van der Waals surface area contributed by atoms with E-state index in [1.807, 2.05) is 24.3 Å². The molecule has 3 aromatic rings. The first-order valence-electron chi connectivity index (χ1n) is 10.1. The summed E-state index contributed by atoms with van der Waals surface area (Å²) in [5, 5.41) is 5.37. The van der Waals surface area contributed by atoms with Crippen LogP contribution in [0.2, 0.25) is 5.02 Å². The Morgan fingerprint density at radius 2 is 1.97 bits per heavy atom. The van der Waals surface area contributed by atoms with Crippen LogP contribution < -0.4 is 5.43 Å². The van der Waals surface area contributed by atoms with Gasteiger partial charge in [0, 0.05) is 17.2 Å². The van der Waals surface area contributed by atoms with Crippen molar-refractivity contribution in [2.24, 2.45) is 11.0 Å². The van der Waals surface area contributed by atoms with Gasteiger partial charge in [-0.1, -0.05) is 75.2 Å². The minimum absolute atomic E-state index is 0.272. The summed E-state index contributed by atoms with van der Waals surface area (Å²) in [5.41, 5.74) is 6.68. The molecule has 29 heavy (non-hydrogen) atoms. The highest BCUT2D eigenvalue weighted by Gasteiger charge is 2.15. The Balaban J connectivity index is 2.00. The number of benzene rings is 2. The molecule has 0 spiro atoms. The largest absolute Gasteiger partial charge is 0.272 e. The topological polar surface area (TPSA) is 54.4 Å². The quantitative estimate of drug-likeness (QED) is 0.370. The lowest BCUT2D eigenvalue weighted by atomic mass is 10.0. The molecule has 1 atom stereocenters. The van der Waals surface area contributed by atoms with Crippen LogP contribution in [0.1, 0.15) is 49.5 Å². The average Bonchev–Trinajstić information content (AvgIpc) is 2.73. The minimum atomic E-state index is -0.272. The Morgan fingerprint density at radius 1 is 1.21 bits per heavy atom. The van der Waals surface area contributed by atoms with E-state index in [0.29, 0.717) is 33.1 Å². The predicted molar refractivity (Wildman–Crippen MR) is 122 cm³/mol. The molecule has 1 amide bonds. The fourth-order valence-corrected chi connectivity index (χ4v) is 3.49. The highest BCUT2D eigenvalue weighted by molar-refractivity contribution is 6.35. The first-order chi connectivity index (χ1) is 14.0. The normalized spacial score (nSPS) is 12.4. The molecule has 4 nitrogen and oxygen atoms in total. The van der Waals surface area contributed by atoms with Gasteiger partial charge in [-0.05, 0) is 36.5 Å². The number of pyridine rings is 1. The fraction of sp³-hybridized carbons (Fsp3) is 0.292. The van der Waals surface area contributed by atoms with E-state index in [2.05, 4.69) is 43.4 Å². The van der Waals surface area contributed by atoms with Gasteiger partial charge in [0.15, 0.2) is 0 Å². The molecule has 0 saturated heterocycles. The smallest absolute Gasteiger partial charge is 0.267 e. The average molecular weight is 408 g/mol. The minimum Gasteiger partial charge on any atom is -0.267 e. The maximum atomic E-state index is 12.9. The van der Waals surface area contributed by atoms with E-state index in [9.17, 15) is 4.79 Å². The number of carbonyl (C=O) groups excluding carboxylic acids is 1. The molecule has 3 rings (SSSR count). The van der Waals surface area contributed by atoms with Crippen molar-refractivity contribution >= 4 is 34.6 Å². The summed E-state index contributed by atoms with van der Waals surface area (Å²) in [6.07, 6.45) is 4.86. The van der Waals surface area contributed by atoms with E-state index in [0.717, 1.165) is 24.8 Å². The zero-order valence-corrected chi connectivity index (χ0v) is 17.8. The Kier molecular flexibility index (Phi) is 6.99. The number of para-hydroxylation sites is 1. The summed E-state index contributed by atoms with van der Waals surface area (Å²) >= 11 is 6.40. The third-order valence-electron chi connectivity index (χ3n) is 4.93. The highest BCUT2D eigenvalue weighted by atomic mass is 35.5. The monoisotopic (exact) mass is 407 g/mol. The number of nitrogens with one attached hydrogen (secondary N) is 1. The molecule has 2 aromatic carbocycles. The van der Waals surface area contributed by atoms with Gasteiger partial charge in [0.25, 0.3) is 5.91 Å². The number of hydrogen-bond donors (Lipinski definition) is 1. The van der Waals surface area contributed by atoms with Gasteiger partial charge in [-0.25, -0.2) is 10.4 Å². The van der Waals surface area contributed by atoms with Gasteiger partial charge in [0.05, 0.1) is 21.8 Å². The van der Waals surface area contributed by atoms with E-state index in [-0.39, 0.29) is 5.91 Å². The summed E-state index contributed by atoms with van der Waals surface area (Å²) in [6, 6.07) is 15.5. The molecule has 0 radical (unpaired) electrons.